The van der Waals surface area contributed by atoms with Gasteiger partial charge in [-0.2, -0.15) is 0 Å². The van der Waals surface area contributed by atoms with Crippen LogP contribution in [-0.2, 0) is 4.74 Å². The van der Waals surface area contributed by atoms with E-state index in [0.717, 1.165) is 32.4 Å². The number of halogens is 1. The Labute approximate surface area is 167 Å². The third kappa shape index (κ3) is 5.03. The zero-order chi connectivity index (χ0) is 19.4. The number of benzene rings is 1. The number of hydrogen-bond donors (Lipinski definition) is 2. The third-order valence-corrected chi connectivity index (χ3v) is 6.52. The van der Waals surface area contributed by atoms with Gasteiger partial charge in [-0.15, -0.1) is 0 Å². The minimum atomic E-state index is -1.23. The van der Waals surface area contributed by atoms with Crippen LogP contribution in [0.2, 0.25) is 0 Å². The van der Waals surface area contributed by atoms with Crippen LogP contribution in [0.3, 0.4) is 0 Å². The number of rotatable bonds is 6. The number of nitrogens with zero attached hydrogens (tertiary/aromatic N) is 1. The van der Waals surface area contributed by atoms with Crippen LogP contribution in [0.15, 0.2) is 30.3 Å². The van der Waals surface area contributed by atoms with E-state index in [4.69, 9.17) is 4.74 Å². The van der Waals surface area contributed by atoms with Crippen molar-refractivity contribution in [2.75, 3.05) is 39.3 Å². The first kappa shape index (κ1) is 19.6. The summed E-state index contributed by atoms with van der Waals surface area (Å²) in [5.74, 6) is 0.963. The molecule has 0 aromatic heterocycles. The maximum atomic E-state index is 15.2. The monoisotopic (exact) mass is 389 g/mol. The number of carbonyl (C=O) groups excluding carboxylic acids is 1. The average molecular weight is 390 g/mol. The second-order valence-electron chi connectivity index (χ2n) is 8.65. The Hall–Kier alpha value is -1.66. The van der Waals surface area contributed by atoms with Crippen LogP contribution >= 0.6 is 0 Å². The van der Waals surface area contributed by atoms with E-state index < -0.39 is 5.67 Å². The van der Waals surface area contributed by atoms with Crippen molar-refractivity contribution in [2.24, 2.45) is 5.92 Å². The van der Waals surface area contributed by atoms with Gasteiger partial charge in [0.25, 0.3) is 0 Å². The Morgan fingerprint density at radius 1 is 1.21 bits per heavy atom. The zero-order valence-electron chi connectivity index (χ0n) is 16.5. The number of likely N-dealkylation sites (tertiary alicyclic amines) is 1. The van der Waals surface area contributed by atoms with E-state index in [0.29, 0.717) is 57.0 Å². The Balaban J connectivity index is 1.15. The maximum Gasteiger partial charge on any atom is 0.409 e. The molecule has 2 aliphatic heterocycles. The highest BCUT2D eigenvalue weighted by molar-refractivity contribution is 5.67. The van der Waals surface area contributed by atoms with Crippen molar-refractivity contribution in [1.29, 1.82) is 0 Å². The number of hydrogen-bond acceptors (Lipinski definition) is 4. The summed E-state index contributed by atoms with van der Waals surface area (Å²) in [6.07, 6.45) is 3.67. The molecule has 1 aliphatic carbocycles. The first-order valence-electron chi connectivity index (χ1n) is 10.7. The average Bonchev–Trinajstić information content (AvgIpc) is 3.53. The molecule has 3 fully saturated rings. The lowest BCUT2D eigenvalue weighted by Gasteiger charge is -2.36. The zero-order valence-corrected chi connectivity index (χ0v) is 16.5. The Morgan fingerprint density at radius 2 is 1.93 bits per heavy atom. The molecule has 1 aromatic carbocycles. The van der Waals surface area contributed by atoms with Crippen molar-refractivity contribution < 1.29 is 13.9 Å². The van der Waals surface area contributed by atoms with Crippen molar-refractivity contribution in [2.45, 2.75) is 49.7 Å². The lowest BCUT2D eigenvalue weighted by Crippen LogP contribution is -2.49. The van der Waals surface area contributed by atoms with E-state index in [9.17, 15) is 4.79 Å². The third-order valence-electron chi connectivity index (χ3n) is 6.52. The van der Waals surface area contributed by atoms with Crippen LogP contribution in [0.4, 0.5) is 9.18 Å². The Bertz CT molecular complexity index is 642. The van der Waals surface area contributed by atoms with Crippen molar-refractivity contribution in [1.82, 2.24) is 15.5 Å². The van der Waals surface area contributed by atoms with Gasteiger partial charge in [-0.3, -0.25) is 0 Å². The SMILES string of the molecule is O=C(OCC1CCNCC1)N1CCC(F)(CN[C@H]2C[C@@H]2c2ccccc2)CC1. The summed E-state index contributed by atoms with van der Waals surface area (Å²) in [6.45, 7) is 3.73. The van der Waals surface area contributed by atoms with Crippen molar-refractivity contribution in [3.05, 3.63) is 35.9 Å². The molecule has 6 heteroatoms. The highest BCUT2D eigenvalue weighted by atomic mass is 19.1. The quantitative estimate of drug-likeness (QED) is 0.785. The molecule has 1 amide bonds. The number of ether oxygens (including phenoxy) is 1. The molecular weight excluding hydrogens is 357 g/mol. The van der Waals surface area contributed by atoms with E-state index in [1.807, 2.05) is 6.07 Å². The molecule has 5 nitrogen and oxygen atoms in total. The van der Waals surface area contributed by atoms with Gasteiger partial charge in [0.2, 0.25) is 0 Å². The predicted molar refractivity (Wildman–Crippen MR) is 107 cm³/mol. The summed E-state index contributed by atoms with van der Waals surface area (Å²) < 4.78 is 20.6. The van der Waals surface area contributed by atoms with Gasteiger partial charge in [-0.1, -0.05) is 30.3 Å². The fourth-order valence-electron chi connectivity index (χ4n) is 4.40. The molecule has 2 saturated heterocycles. The highest BCUT2D eigenvalue weighted by Gasteiger charge is 2.42. The van der Waals surface area contributed by atoms with Gasteiger partial charge in [-0.25, -0.2) is 9.18 Å². The highest BCUT2D eigenvalue weighted by Crippen LogP contribution is 2.41. The van der Waals surface area contributed by atoms with Crippen LogP contribution in [0.5, 0.6) is 0 Å². The first-order chi connectivity index (χ1) is 13.6. The Morgan fingerprint density at radius 3 is 2.64 bits per heavy atom. The number of nitrogens with one attached hydrogen (secondary N) is 2. The number of piperidine rings is 2. The molecule has 0 spiro atoms. The largest absolute Gasteiger partial charge is 0.449 e. The molecule has 1 aromatic rings. The molecule has 1 saturated carbocycles. The van der Waals surface area contributed by atoms with Crippen LogP contribution in [0.25, 0.3) is 0 Å². The van der Waals surface area contributed by atoms with E-state index >= 15 is 4.39 Å². The molecule has 154 valence electrons. The van der Waals surface area contributed by atoms with Gasteiger partial charge < -0.3 is 20.3 Å². The molecular formula is C22H32FN3O2. The molecule has 0 radical (unpaired) electrons. The molecule has 3 aliphatic rings. The van der Waals surface area contributed by atoms with Gasteiger partial charge in [-0.05, 0) is 43.8 Å². The number of amides is 1. The van der Waals surface area contributed by atoms with Gasteiger partial charge in [0, 0.05) is 44.4 Å². The van der Waals surface area contributed by atoms with Crippen LogP contribution in [-0.4, -0.2) is 62.0 Å². The molecule has 0 unspecified atom stereocenters. The molecule has 2 atom stereocenters. The molecule has 28 heavy (non-hydrogen) atoms. The minimum Gasteiger partial charge on any atom is -0.449 e. The summed E-state index contributed by atoms with van der Waals surface area (Å²) in [7, 11) is 0. The molecule has 2 heterocycles. The predicted octanol–water partition coefficient (Wildman–Crippen LogP) is 3.07. The number of carbonyl (C=O) groups is 1. The van der Waals surface area contributed by atoms with Gasteiger partial charge >= 0.3 is 6.09 Å². The topological polar surface area (TPSA) is 53.6 Å². The van der Waals surface area contributed by atoms with Gasteiger partial charge in [0.05, 0.1) is 6.61 Å². The van der Waals surface area contributed by atoms with Crippen molar-refractivity contribution >= 4 is 6.09 Å². The van der Waals surface area contributed by atoms with E-state index in [2.05, 4.69) is 34.9 Å². The fraction of sp³-hybridized carbons (Fsp3) is 0.682. The van der Waals surface area contributed by atoms with Crippen LogP contribution in [0.1, 0.15) is 43.6 Å². The summed E-state index contributed by atoms with van der Waals surface area (Å²) in [4.78, 5) is 13.9. The van der Waals surface area contributed by atoms with Crippen LogP contribution < -0.4 is 10.6 Å². The first-order valence-corrected chi connectivity index (χ1v) is 10.7. The molecule has 0 bridgehead atoms. The van der Waals surface area contributed by atoms with Crippen molar-refractivity contribution in [3.63, 3.8) is 0 Å². The standard InChI is InChI=1S/C22H32FN3O2/c23-22(16-25-20-14-19(20)18-4-2-1-3-5-18)8-12-26(13-9-22)21(27)28-15-17-6-10-24-11-7-17/h1-5,17,19-20,24-25H,6-16H2/t19-,20+/m1/s1. The summed E-state index contributed by atoms with van der Waals surface area (Å²) >= 11 is 0. The molecule has 4 rings (SSSR count). The smallest absolute Gasteiger partial charge is 0.409 e. The van der Waals surface area contributed by atoms with Crippen LogP contribution in [0, 0.1) is 5.92 Å². The molecule has 2 N–H and O–H groups in total. The number of alkyl halides is 1. The Kier molecular flexibility index (Phi) is 6.16. The van der Waals surface area contributed by atoms with Gasteiger partial charge in [0.1, 0.15) is 5.67 Å². The second-order valence-corrected chi connectivity index (χ2v) is 8.65. The lowest BCUT2D eigenvalue weighted by molar-refractivity contribution is 0.0362. The second kappa shape index (κ2) is 8.78. The summed E-state index contributed by atoms with van der Waals surface area (Å²) in [6, 6.07) is 10.8. The lowest BCUT2D eigenvalue weighted by atomic mass is 9.93. The maximum absolute atomic E-state index is 15.2. The summed E-state index contributed by atoms with van der Waals surface area (Å²) in [5.41, 5.74) is 0.106. The van der Waals surface area contributed by atoms with E-state index in [1.165, 1.54) is 5.56 Å². The van der Waals surface area contributed by atoms with E-state index in [1.54, 1.807) is 4.90 Å². The van der Waals surface area contributed by atoms with E-state index in [-0.39, 0.29) is 6.09 Å². The summed E-state index contributed by atoms with van der Waals surface area (Å²) in [5, 5.41) is 6.72. The van der Waals surface area contributed by atoms with Crippen molar-refractivity contribution in [3.8, 4) is 0 Å². The fourth-order valence-corrected chi connectivity index (χ4v) is 4.40. The minimum absolute atomic E-state index is 0.278. The normalized spacial score (nSPS) is 27.4. The van der Waals surface area contributed by atoms with Gasteiger partial charge in [0.15, 0.2) is 0 Å².